The predicted molar refractivity (Wildman–Crippen MR) is 95.4 cm³/mol. The second-order valence-electron chi connectivity index (χ2n) is 5.99. The van der Waals surface area contributed by atoms with Crippen LogP contribution in [0.5, 0.6) is 0 Å². The van der Waals surface area contributed by atoms with Crippen LogP contribution in [0.2, 0.25) is 0 Å². The van der Waals surface area contributed by atoms with Gasteiger partial charge in [0.2, 0.25) is 5.91 Å². The van der Waals surface area contributed by atoms with Crippen LogP contribution in [-0.2, 0) is 14.3 Å². The summed E-state index contributed by atoms with van der Waals surface area (Å²) in [6, 6.07) is -0.119. The molecule has 134 valence electrons. The number of amides is 1. The van der Waals surface area contributed by atoms with E-state index in [4.69, 9.17) is 0 Å². The molecule has 8 nitrogen and oxygen atoms in total. The number of methoxy groups -OCH3 is 1. The van der Waals surface area contributed by atoms with Crippen LogP contribution in [0.25, 0.3) is 0 Å². The molecule has 1 saturated heterocycles. The Labute approximate surface area is 150 Å². The third kappa shape index (κ3) is 4.68. The molecular weight excluding hydrogens is 342 g/mol. The minimum absolute atomic E-state index is 0.00349. The monoisotopic (exact) mass is 363 g/mol. The fourth-order valence-electron chi connectivity index (χ4n) is 2.90. The van der Waals surface area contributed by atoms with Crippen LogP contribution in [0.4, 0.5) is 5.82 Å². The number of hydrogen-bond acceptors (Lipinski definition) is 8. The number of thioether (sulfide) groups is 1. The van der Waals surface area contributed by atoms with E-state index in [0.717, 1.165) is 31.7 Å². The molecule has 25 heavy (non-hydrogen) atoms. The van der Waals surface area contributed by atoms with Crippen molar-refractivity contribution < 1.29 is 14.3 Å². The molecule has 0 bridgehead atoms. The van der Waals surface area contributed by atoms with Crippen molar-refractivity contribution in [3.8, 4) is 0 Å². The Bertz CT molecular complexity index is 646. The zero-order chi connectivity index (χ0) is 17.6. The van der Waals surface area contributed by atoms with E-state index >= 15 is 0 Å². The van der Waals surface area contributed by atoms with Crippen molar-refractivity contribution in [2.45, 2.75) is 25.3 Å². The molecule has 1 aromatic heterocycles. The molecule has 0 spiro atoms. The lowest BCUT2D eigenvalue weighted by Crippen LogP contribution is -2.41. The summed E-state index contributed by atoms with van der Waals surface area (Å²) in [4.78, 5) is 38.6. The van der Waals surface area contributed by atoms with Gasteiger partial charge in [0.1, 0.15) is 5.82 Å². The van der Waals surface area contributed by atoms with Crippen LogP contribution in [-0.4, -0.2) is 59.0 Å². The van der Waals surface area contributed by atoms with Crippen LogP contribution >= 0.6 is 11.8 Å². The molecule has 3 heterocycles. The smallest absolute Gasteiger partial charge is 0.307 e. The summed E-state index contributed by atoms with van der Waals surface area (Å²) >= 11 is 1.47. The Kier molecular flexibility index (Phi) is 5.85. The largest absolute Gasteiger partial charge is 0.469 e. The van der Waals surface area contributed by atoms with Gasteiger partial charge in [-0.25, -0.2) is 4.98 Å². The van der Waals surface area contributed by atoms with Gasteiger partial charge in [0.05, 0.1) is 25.8 Å². The Morgan fingerprint density at radius 2 is 2.16 bits per heavy atom. The Morgan fingerprint density at radius 1 is 1.36 bits per heavy atom. The average molecular weight is 363 g/mol. The molecule has 0 aliphatic carbocycles. The first-order chi connectivity index (χ1) is 12.2. The first-order valence-electron chi connectivity index (χ1n) is 8.25. The highest BCUT2D eigenvalue weighted by atomic mass is 32.2. The second-order valence-corrected chi connectivity index (χ2v) is 7.00. The van der Waals surface area contributed by atoms with Crippen molar-refractivity contribution in [1.82, 2.24) is 15.3 Å². The highest BCUT2D eigenvalue weighted by molar-refractivity contribution is 8.14. The first kappa shape index (κ1) is 17.7. The second kappa shape index (κ2) is 8.28. The van der Waals surface area contributed by atoms with Crippen LogP contribution < -0.4 is 10.2 Å². The van der Waals surface area contributed by atoms with Gasteiger partial charge in [0.25, 0.3) is 0 Å². The summed E-state index contributed by atoms with van der Waals surface area (Å²) < 4.78 is 4.65. The summed E-state index contributed by atoms with van der Waals surface area (Å²) in [6.07, 6.45) is 6.86. The lowest BCUT2D eigenvalue weighted by Gasteiger charge is -2.31. The maximum Gasteiger partial charge on any atom is 0.307 e. The molecular formula is C16H21N5O3S. The average Bonchev–Trinajstić information content (AvgIpc) is 3.09. The van der Waals surface area contributed by atoms with Gasteiger partial charge in [-0.05, 0) is 12.8 Å². The first-order valence-corrected chi connectivity index (χ1v) is 9.23. The van der Waals surface area contributed by atoms with E-state index in [1.165, 1.54) is 18.9 Å². The van der Waals surface area contributed by atoms with Crippen molar-refractivity contribution in [2.75, 3.05) is 30.9 Å². The summed E-state index contributed by atoms with van der Waals surface area (Å²) in [7, 11) is 1.37. The van der Waals surface area contributed by atoms with Gasteiger partial charge in [-0.3, -0.25) is 19.6 Å². The molecule has 1 amide bonds. The van der Waals surface area contributed by atoms with E-state index in [0.29, 0.717) is 10.9 Å². The number of carbonyl (C=O) groups excluding carboxylic acids is 2. The quantitative estimate of drug-likeness (QED) is 0.792. The van der Waals surface area contributed by atoms with Gasteiger partial charge in [-0.15, -0.1) is 0 Å². The molecule has 0 saturated carbocycles. The predicted octanol–water partition coefficient (Wildman–Crippen LogP) is 0.844. The summed E-state index contributed by atoms with van der Waals surface area (Å²) in [6.45, 7) is 1.56. The maximum absolute atomic E-state index is 12.4. The number of ether oxygens (including phenoxy) is 1. The van der Waals surface area contributed by atoms with Crippen LogP contribution in [0.15, 0.2) is 23.6 Å². The number of anilines is 1. The zero-order valence-corrected chi connectivity index (χ0v) is 14.9. The van der Waals surface area contributed by atoms with Gasteiger partial charge in [0.15, 0.2) is 5.17 Å². The number of aromatic nitrogens is 2. The Balaban J connectivity index is 1.47. The normalized spacial score (nSPS) is 20.9. The highest BCUT2D eigenvalue weighted by Gasteiger charge is 2.28. The number of nitrogens with one attached hydrogen (secondary N) is 1. The molecule has 9 heteroatoms. The number of nitrogens with zero attached hydrogens (tertiary/aromatic N) is 4. The van der Waals surface area contributed by atoms with Crippen LogP contribution in [0, 0.1) is 5.92 Å². The van der Waals surface area contributed by atoms with Crippen molar-refractivity contribution in [2.24, 2.45) is 10.9 Å². The number of hydrogen-bond donors (Lipinski definition) is 1. The Morgan fingerprint density at radius 3 is 2.84 bits per heavy atom. The lowest BCUT2D eigenvalue weighted by molar-refractivity contribution is -0.140. The highest BCUT2D eigenvalue weighted by Crippen LogP contribution is 2.23. The summed E-state index contributed by atoms with van der Waals surface area (Å²) in [5, 5.41) is 3.51. The number of aliphatic imine (C=N–C) groups is 1. The number of piperidine rings is 1. The molecule has 1 unspecified atom stereocenters. The Hall–Kier alpha value is -2.16. The fraction of sp³-hybridized carbons (Fsp3) is 0.562. The van der Waals surface area contributed by atoms with Gasteiger partial charge in [-0.2, -0.15) is 0 Å². The molecule has 1 atom stereocenters. The van der Waals surface area contributed by atoms with Crippen molar-refractivity contribution in [3.63, 3.8) is 0 Å². The van der Waals surface area contributed by atoms with Crippen molar-refractivity contribution in [1.29, 1.82) is 0 Å². The third-order valence-corrected chi connectivity index (χ3v) is 5.34. The zero-order valence-electron chi connectivity index (χ0n) is 14.1. The minimum Gasteiger partial charge on any atom is -0.469 e. The summed E-state index contributed by atoms with van der Waals surface area (Å²) in [5.41, 5.74) is 0. The molecule has 1 fully saturated rings. The van der Waals surface area contributed by atoms with E-state index in [1.807, 2.05) is 0 Å². The van der Waals surface area contributed by atoms with Crippen molar-refractivity contribution >= 4 is 34.6 Å². The topological polar surface area (TPSA) is 96.8 Å². The van der Waals surface area contributed by atoms with E-state index in [1.54, 1.807) is 18.6 Å². The van der Waals surface area contributed by atoms with E-state index < -0.39 is 0 Å². The molecule has 2 aliphatic rings. The third-order valence-electron chi connectivity index (χ3n) is 4.31. The van der Waals surface area contributed by atoms with Gasteiger partial charge >= 0.3 is 5.97 Å². The minimum atomic E-state index is -0.279. The lowest BCUT2D eigenvalue weighted by atomic mass is 9.96. The molecule has 0 radical (unpaired) electrons. The fourth-order valence-corrected chi connectivity index (χ4v) is 3.84. The number of carbonyl (C=O) groups is 2. The van der Waals surface area contributed by atoms with E-state index in [9.17, 15) is 9.59 Å². The van der Waals surface area contributed by atoms with E-state index in [2.05, 4.69) is 29.9 Å². The molecule has 0 aromatic carbocycles. The molecule has 1 aromatic rings. The van der Waals surface area contributed by atoms with Crippen LogP contribution in [0.1, 0.15) is 19.3 Å². The van der Waals surface area contributed by atoms with Crippen molar-refractivity contribution in [3.05, 3.63) is 18.6 Å². The number of amidine groups is 1. The maximum atomic E-state index is 12.4. The van der Waals surface area contributed by atoms with E-state index in [-0.39, 0.29) is 30.3 Å². The molecule has 2 aliphatic heterocycles. The summed E-state index contributed by atoms with van der Waals surface area (Å²) in [5.74, 6) is 1.23. The van der Waals surface area contributed by atoms with Gasteiger partial charge in [-0.1, -0.05) is 11.8 Å². The number of esters is 1. The molecule has 3 rings (SSSR count). The number of rotatable bonds is 4. The van der Waals surface area contributed by atoms with Crippen LogP contribution in [0.3, 0.4) is 0 Å². The standard InChI is InChI=1S/C16H21N5O3S/c1-24-14(22)8-12-10-25-16(19-12)20-15(23)11-2-6-21(7-3-11)13-9-17-4-5-18-13/h4-5,9,11-12H,2-3,6-8,10H2,1H3,(H,19,20,23). The van der Waals surface area contributed by atoms with Gasteiger partial charge < -0.3 is 15.0 Å². The molecule has 1 N–H and O–H groups in total. The van der Waals surface area contributed by atoms with Gasteiger partial charge in [0, 0.05) is 37.2 Å². The SMILES string of the molecule is COC(=O)CC1CSC(NC(=O)C2CCN(c3cnccn3)CC2)=N1.